The molecule has 4 nitrogen and oxygen atoms in total. The summed E-state index contributed by atoms with van der Waals surface area (Å²) in [7, 11) is 0. The van der Waals surface area contributed by atoms with Crippen molar-refractivity contribution in [2.45, 2.75) is 39.0 Å². The SMILES string of the molecule is C[C@]1(C(=O)O)CCC(=O)[C@@H](C(=O)C2CC2)C1. The van der Waals surface area contributed by atoms with E-state index < -0.39 is 17.3 Å². The summed E-state index contributed by atoms with van der Waals surface area (Å²) >= 11 is 0. The number of rotatable bonds is 3. The van der Waals surface area contributed by atoms with Crippen LogP contribution in [0.2, 0.25) is 0 Å². The molecule has 16 heavy (non-hydrogen) atoms. The van der Waals surface area contributed by atoms with E-state index in [1.54, 1.807) is 6.92 Å². The van der Waals surface area contributed by atoms with Gasteiger partial charge in [0, 0.05) is 12.3 Å². The molecule has 0 saturated heterocycles. The van der Waals surface area contributed by atoms with Gasteiger partial charge in [0.25, 0.3) is 0 Å². The number of Topliss-reactive ketones (excluding diaryl/α,β-unsaturated/α-hetero) is 2. The highest BCUT2D eigenvalue weighted by Gasteiger charge is 2.47. The van der Waals surface area contributed by atoms with Gasteiger partial charge in [-0.2, -0.15) is 0 Å². The van der Waals surface area contributed by atoms with Crippen molar-refractivity contribution in [2.24, 2.45) is 17.3 Å². The van der Waals surface area contributed by atoms with Gasteiger partial charge in [0.15, 0.2) is 0 Å². The zero-order valence-electron chi connectivity index (χ0n) is 9.36. The monoisotopic (exact) mass is 224 g/mol. The van der Waals surface area contributed by atoms with Crippen molar-refractivity contribution in [3.63, 3.8) is 0 Å². The van der Waals surface area contributed by atoms with Crippen LogP contribution in [0, 0.1) is 17.3 Å². The van der Waals surface area contributed by atoms with Gasteiger partial charge in [0.2, 0.25) is 0 Å². The van der Waals surface area contributed by atoms with E-state index in [-0.39, 0.29) is 30.3 Å². The topological polar surface area (TPSA) is 71.4 Å². The summed E-state index contributed by atoms with van der Waals surface area (Å²) in [5.41, 5.74) is -0.900. The molecule has 2 saturated carbocycles. The number of aliphatic carboxylic acids is 1. The molecule has 0 radical (unpaired) electrons. The number of carboxylic acid groups (broad SMARTS) is 1. The summed E-state index contributed by atoms with van der Waals surface area (Å²) in [4.78, 5) is 34.6. The largest absolute Gasteiger partial charge is 0.481 e. The van der Waals surface area contributed by atoms with Crippen LogP contribution >= 0.6 is 0 Å². The summed E-state index contributed by atoms with van der Waals surface area (Å²) in [6.45, 7) is 1.63. The lowest BCUT2D eigenvalue weighted by molar-refractivity contribution is -0.153. The second-order valence-electron chi connectivity index (χ2n) is 5.27. The molecule has 2 atom stereocenters. The fourth-order valence-corrected chi connectivity index (χ4v) is 2.35. The van der Waals surface area contributed by atoms with Crippen molar-refractivity contribution >= 4 is 17.5 Å². The molecule has 0 heterocycles. The minimum absolute atomic E-state index is 0.0165. The maximum absolute atomic E-state index is 11.9. The lowest BCUT2D eigenvalue weighted by atomic mass is 9.68. The molecule has 0 aromatic carbocycles. The normalized spacial score (nSPS) is 34.8. The first-order chi connectivity index (χ1) is 7.44. The van der Waals surface area contributed by atoms with Gasteiger partial charge in [-0.1, -0.05) is 0 Å². The molecule has 0 amide bonds. The molecule has 0 spiro atoms. The van der Waals surface area contributed by atoms with Gasteiger partial charge in [0.1, 0.15) is 11.6 Å². The Bertz CT molecular complexity index is 356. The Morgan fingerprint density at radius 3 is 2.50 bits per heavy atom. The molecule has 4 heteroatoms. The maximum atomic E-state index is 11.9. The molecule has 0 aliphatic heterocycles. The molecule has 2 fully saturated rings. The van der Waals surface area contributed by atoms with Crippen LogP contribution in [0.25, 0.3) is 0 Å². The predicted octanol–water partition coefficient (Wildman–Crippen LogP) is 1.43. The van der Waals surface area contributed by atoms with Gasteiger partial charge in [-0.05, 0) is 32.6 Å². The number of carbonyl (C=O) groups excluding carboxylic acids is 2. The second kappa shape index (κ2) is 3.68. The first-order valence-corrected chi connectivity index (χ1v) is 5.74. The van der Waals surface area contributed by atoms with Crippen molar-refractivity contribution in [3.05, 3.63) is 0 Å². The molecule has 0 aromatic heterocycles. The van der Waals surface area contributed by atoms with Crippen LogP contribution in [0.15, 0.2) is 0 Å². The van der Waals surface area contributed by atoms with E-state index in [9.17, 15) is 14.4 Å². The third-order valence-electron chi connectivity index (χ3n) is 3.81. The number of carbonyl (C=O) groups is 3. The summed E-state index contributed by atoms with van der Waals surface area (Å²) in [6, 6.07) is 0. The zero-order valence-corrected chi connectivity index (χ0v) is 9.36. The number of carboxylic acids is 1. The Kier molecular flexibility index (Phi) is 2.60. The Morgan fingerprint density at radius 2 is 2.00 bits per heavy atom. The zero-order chi connectivity index (χ0) is 11.9. The standard InChI is InChI=1S/C12H16O4/c1-12(11(15)16)5-4-9(13)8(6-12)10(14)7-2-3-7/h7-8H,2-6H2,1H3,(H,15,16)/t8-,12-/m0/s1. The maximum Gasteiger partial charge on any atom is 0.309 e. The van der Waals surface area contributed by atoms with Crippen molar-refractivity contribution in [1.82, 2.24) is 0 Å². The molecule has 0 unspecified atom stereocenters. The molecule has 2 aliphatic rings. The van der Waals surface area contributed by atoms with Crippen LogP contribution < -0.4 is 0 Å². The fourth-order valence-electron chi connectivity index (χ4n) is 2.35. The first-order valence-electron chi connectivity index (χ1n) is 5.74. The van der Waals surface area contributed by atoms with Crippen LogP contribution in [0.1, 0.15) is 39.0 Å². The van der Waals surface area contributed by atoms with E-state index in [0.29, 0.717) is 6.42 Å². The van der Waals surface area contributed by atoms with Gasteiger partial charge in [-0.3, -0.25) is 14.4 Å². The first kappa shape index (κ1) is 11.3. The third-order valence-corrected chi connectivity index (χ3v) is 3.81. The summed E-state index contributed by atoms with van der Waals surface area (Å²) < 4.78 is 0. The van der Waals surface area contributed by atoms with Crippen LogP contribution in [0.3, 0.4) is 0 Å². The van der Waals surface area contributed by atoms with Crippen molar-refractivity contribution < 1.29 is 19.5 Å². The lowest BCUT2D eigenvalue weighted by Gasteiger charge is -2.33. The van der Waals surface area contributed by atoms with E-state index in [4.69, 9.17) is 5.11 Å². The predicted molar refractivity (Wildman–Crippen MR) is 55.8 cm³/mol. The lowest BCUT2D eigenvalue weighted by Crippen LogP contribution is -2.41. The van der Waals surface area contributed by atoms with Crippen molar-refractivity contribution in [1.29, 1.82) is 0 Å². The minimum Gasteiger partial charge on any atom is -0.481 e. The van der Waals surface area contributed by atoms with E-state index in [2.05, 4.69) is 0 Å². The highest BCUT2D eigenvalue weighted by Crippen LogP contribution is 2.42. The smallest absolute Gasteiger partial charge is 0.309 e. The molecule has 88 valence electrons. The van der Waals surface area contributed by atoms with E-state index in [1.165, 1.54) is 0 Å². The molecule has 0 aromatic rings. The quantitative estimate of drug-likeness (QED) is 0.736. The van der Waals surface area contributed by atoms with Gasteiger partial charge in [-0.25, -0.2) is 0 Å². The van der Waals surface area contributed by atoms with Crippen molar-refractivity contribution in [3.8, 4) is 0 Å². The summed E-state index contributed by atoms with van der Waals surface area (Å²) in [5, 5.41) is 9.11. The van der Waals surface area contributed by atoms with Crippen LogP contribution in [0.4, 0.5) is 0 Å². The summed E-state index contributed by atoms with van der Waals surface area (Å²) in [6.07, 6.45) is 2.51. The van der Waals surface area contributed by atoms with Gasteiger partial charge in [0.05, 0.1) is 11.3 Å². The minimum atomic E-state index is -0.900. The van der Waals surface area contributed by atoms with Crippen LogP contribution in [-0.4, -0.2) is 22.6 Å². The summed E-state index contributed by atoms with van der Waals surface area (Å²) in [5.74, 6) is -1.59. The van der Waals surface area contributed by atoms with E-state index >= 15 is 0 Å². The van der Waals surface area contributed by atoms with E-state index in [0.717, 1.165) is 12.8 Å². The molecule has 1 N–H and O–H groups in total. The third kappa shape index (κ3) is 1.88. The highest BCUT2D eigenvalue weighted by atomic mass is 16.4. The Balaban J connectivity index is 2.14. The molecular weight excluding hydrogens is 208 g/mol. The number of ketones is 2. The molecule has 2 rings (SSSR count). The molecule has 2 aliphatic carbocycles. The Labute approximate surface area is 94.0 Å². The van der Waals surface area contributed by atoms with Crippen LogP contribution in [-0.2, 0) is 14.4 Å². The fraction of sp³-hybridized carbons (Fsp3) is 0.750. The second-order valence-corrected chi connectivity index (χ2v) is 5.27. The number of hydrogen-bond donors (Lipinski definition) is 1. The van der Waals surface area contributed by atoms with Crippen molar-refractivity contribution in [2.75, 3.05) is 0 Å². The van der Waals surface area contributed by atoms with Gasteiger partial charge in [-0.15, -0.1) is 0 Å². The van der Waals surface area contributed by atoms with Gasteiger partial charge < -0.3 is 5.11 Å². The average Bonchev–Trinajstić information content (AvgIpc) is 3.04. The van der Waals surface area contributed by atoms with Gasteiger partial charge >= 0.3 is 5.97 Å². The van der Waals surface area contributed by atoms with E-state index in [1.807, 2.05) is 0 Å². The average molecular weight is 224 g/mol. The highest BCUT2D eigenvalue weighted by molar-refractivity contribution is 6.05. The number of hydrogen-bond acceptors (Lipinski definition) is 3. The molecule has 0 bridgehead atoms. The Hall–Kier alpha value is -1.19. The Morgan fingerprint density at radius 1 is 1.38 bits per heavy atom. The molecular formula is C12H16O4. The van der Waals surface area contributed by atoms with Crippen LogP contribution in [0.5, 0.6) is 0 Å².